The highest BCUT2D eigenvalue weighted by molar-refractivity contribution is 7.89. The Morgan fingerprint density at radius 2 is 1.84 bits per heavy atom. The zero-order valence-electron chi connectivity index (χ0n) is 15.4. The van der Waals surface area contributed by atoms with Crippen molar-refractivity contribution in [1.29, 1.82) is 0 Å². The molecule has 0 saturated carbocycles. The number of piperazine rings is 1. The molecule has 1 amide bonds. The fraction of sp³-hybridized carbons (Fsp3) is 0.611. The van der Waals surface area contributed by atoms with Gasteiger partial charge in [0.15, 0.2) is 0 Å². The number of aryl methyl sites for hydroxylation is 1. The van der Waals surface area contributed by atoms with Crippen molar-refractivity contribution in [2.75, 3.05) is 32.0 Å². The van der Waals surface area contributed by atoms with E-state index >= 15 is 0 Å². The number of rotatable bonds is 7. The quantitative estimate of drug-likeness (QED) is 0.737. The van der Waals surface area contributed by atoms with Crippen LogP contribution in [0.4, 0.5) is 0 Å². The monoisotopic (exact) mass is 368 g/mol. The zero-order valence-corrected chi connectivity index (χ0v) is 16.3. The maximum absolute atomic E-state index is 12.6. The van der Waals surface area contributed by atoms with Crippen LogP contribution in [-0.2, 0) is 14.8 Å². The summed E-state index contributed by atoms with van der Waals surface area (Å²) in [5, 5.41) is 0. The second-order valence-corrected chi connectivity index (χ2v) is 8.98. The van der Waals surface area contributed by atoms with Gasteiger partial charge < -0.3 is 9.64 Å². The summed E-state index contributed by atoms with van der Waals surface area (Å²) in [5.41, 5.74) is 1.12. The summed E-state index contributed by atoms with van der Waals surface area (Å²) < 4.78 is 32.0. The molecule has 1 unspecified atom stereocenters. The van der Waals surface area contributed by atoms with E-state index in [1.807, 2.05) is 45.0 Å². The molecule has 1 aliphatic heterocycles. The van der Waals surface area contributed by atoms with Crippen molar-refractivity contribution in [3.05, 3.63) is 29.8 Å². The maximum atomic E-state index is 12.6. The van der Waals surface area contributed by atoms with E-state index in [0.717, 1.165) is 5.56 Å². The highest BCUT2D eigenvalue weighted by Crippen LogP contribution is 2.18. The molecule has 1 saturated heterocycles. The molecule has 6 nitrogen and oxygen atoms in total. The highest BCUT2D eigenvalue weighted by atomic mass is 32.2. The summed E-state index contributed by atoms with van der Waals surface area (Å²) >= 11 is 0. The molecule has 1 atom stereocenters. The number of nitrogens with zero attached hydrogens (tertiary/aromatic N) is 2. The first-order valence-electron chi connectivity index (χ1n) is 8.68. The van der Waals surface area contributed by atoms with Gasteiger partial charge in [0.05, 0.1) is 5.75 Å². The number of hydrogen-bond acceptors (Lipinski definition) is 4. The van der Waals surface area contributed by atoms with Gasteiger partial charge in [-0.1, -0.05) is 31.5 Å². The molecular formula is C18H28N2O4S. The number of amides is 1. The SMILES string of the molecule is Cc1ccc(OCCS(=O)(=O)N2CCN(CC(C)C)C(=O)C2C)cc1. The summed E-state index contributed by atoms with van der Waals surface area (Å²) in [7, 11) is -3.53. The van der Waals surface area contributed by atoms with E-state index in [1.54, 1.807) is 11.8 Å². The number of carbonyl (C=O) groups is 1. The fourth-order valence-corrected chi connectivity index (χ4v) is 4.39. The Labute approximate surface area is 150 Å². The smallest absolute Gasteiger partial charge is 0.240 e. The lowest BCUT2D eigenvalue weighted by Gasteiger charge is -2.38. The number of sulfonamides is 1. The number of carbonyl (C=O) groups excluding carboxylic acids is 1. The van der Waals surface area contributed by atoms with Gasteiger partial charge in [0.1, 0.15) is 18.4 Å². The molecule has 1 heterocycles. The molecule has 0 bridgehead atoms. The van der Waals surface area contributed by atoms with Crippen LogP contribution in [0.5, 0.6) is 5.75 Å². The number of hydrogen-bond donors (Lipinski definition) is 0. The van der Waals surface area contributed by atoms with Gasteiger partial charge in [0, 0.05) is 19.6 Å². The van der Waals surface area contributed by atoms with Crippen LogP contribution in [0.25, 0.3) is 0 Å². The molecule has 0 N–H and O–H groups in total. The van der Waals surface area contributed by atoms with E-state index in [0.29, 0.717) is 31.3 Å². The normalized spacial score (nSPS) is 19.5. The largest absolute Gasteiger partial charge is 0.492 e. The van der Waals surface area contributed by atoms with Crippen LogP contribution in [0.3, 0.4) is 0 Å². The molecule has 7 heteroatoms. The molecule has 1 aromatic rings. The Hall–Kier alpha value is -1.60. The fourth-order valence-electron chi connectivity index (χ4n) is 2.93. The van der Waals surface area contributed by atoms with Gasteiger partial charge in [0.2, 0.25) is 15.9 Å². The summed E-state index contributed by atoms with van der Waals surface area (Å²) in [5.74, 6) is 0.750. The minimum Gasteiger partial charge on any atom is -0.492 e. The molecule has 1 aliphatic rings. The van der Waals surface area contributed by atoms with E-state index in [9.17, 15) is 13.2 Å². The van der Waals surface area contributed by atoms with Gasteiger partial charge in [-0.05, 0) is 31.9 Å². The Balaban J connectivity index is 1.93. The van der Waals surface area contributed by atoms with E-state index in [1.165, 1.54) is 4.31 Å². The molecule has 1 fully saturated rings. The molecule has 140 valence electrons. The highest BCUT2D eigenvalue weighted by Gasteiger charge is 2.38. The first-order valence-corrected chi connectivity index (χ1v) is 10.3. The van der Waals surface area contributed by atoms with E-state index in [4.69, 9.17) is 4.74 Å². The van der Waals surface area contributed by atoms with Crippen molar-refractivity contribution in [3.63, 3.8) is 0 Å². The minimum absolute atomic E-state index is 0.0680. The Bertz CT molecular complexity index is 686. The molecule has 0 radical (unpaired) electrons. The summed E-state index contributed by atoms with van der Waals surface area (Å²) in [6, 6.07) is 6.81. The average molecular weight is 368 g/mol. The van der Waals surface area contributed by atoms with Crippen LogP contribution in [0.15, 0.2) is 24.3 Å². The van der Waals surface area contributed by atoms with Crippen LogP contribution in [0.2, 0.25) is 0 Å². The van der Waals surface area contributed by atoms with Gasteiger partial charge in [-0.15, -0.1) is 0 Å². The van der Waals surface area contributed by atoms with Crippen LogP contribution in [-0.4, -0.2) is 61.6 Å². The van der Waals surface area contributed by atoms with Crippen molar-refractivity contribution in [3.8, 4) is 5.75 Å². The summed E-state index contributed by atoms with van der Waals surface area (Å²) in [4.78, 5) is 14.2. The third-order valence-electron chi connectivity index (χ3n) is 4.27. The first-order chi connectivity index (χ1) is 11.7. The van der Waals surface area contributed by atoms with Crippen molar-refractivity contribution in [2.45, 2.75) is 33.7 Å². The minimum atomic E-state index is -3.53. The molecule has 0 spiro atoms. The molecular weight excluding hydrogens is 340 g/mol. The lowest BCUT2D eigenvalue weighted by Crippen LogP contribution is -2.58. The van der Waals surface area contributed by atoms with Gasteiger partial charge in [-0.2, -0.15) is 4.31 Å². The molecule has 2 rings (SSSR count). The number of benzene rings is 1. The zero-order chi connectivity index (χ0) is 18.6. The van der Waals surface area contributed by atoms with Crippen LogP contribution in [0.1, 0.15) is 26.3 Å². The van der Waals surface area contributed by atoms with E-state index in [2.05, 4.69) is 0 Å². The third kappa shape index (κ3) is 5.19. The molecule has 1 aromatic carbocycles. The van der Waals surface area contributed by atoms with Gasteiger partial charge in [0.25, 0.3) is 0 Å². The summed E-state index contributed by atoms with van der Waals surface area (Å²) in [6.07, 6.45) is 0. The van der Waals surface area contributed by atoms with Crippen LogP contribution >= 0.6 is 0 Å². The van der Waals surface area contributed by atoms with Gasteiger partial charge in [-0.3, -0.25) is 4.79 Å². The lowest BCUT2D eigenvalue weighted by atomic mass is 10.1. The second kappa shape index (κ2) is 8.19. The molecule has 25 heavy (non-hydrogen) atoms. The first kappa shape index (κ1) is 19.7. The van der Waals surface area contributed by atoms with E-state index in [-0.39, 0.29) is 18.3 Å². The standard InChI is InChI=1S/C18H28N2O4S/c1-14(2)13-19-9-10-20(16(4)18(19)21)25(22,23)12-11-24-17-7-5-15(3)6-8-17/h5-8,14,16H,9-13H2,1-4H3. The lowest BCUT2D eigenvalue weighted by molar-refractivity contribution is -0.138. The van der Waals surface area contributed by atoms with E-state index < -0.39 is 16.1 Å². The molecule has 0 aliphatic carbocycles. The van der Waals surface area contributed by atoms with Crippen LogP contribution < -0.4 is 4.74 Å². The van der Waals surface area contributed by atoms with Gasteiger partial charge >= 0.3 is 0 Å². The average Bonchev–Trinajstić information content (AvgIpc) is 2.53. The molecule has 0 aromatic heterocycles. The second-order valence-electron chi connectivity index (χ2n) is 6.94. The topological polar surface area (TPSA) is 66.9 Å². The Kier molecular flexibility index (Phi) is 6.46. The summed E-state index contributed by atoms with van der Waals surface area (Å²) in [6.45, 7) is 9.24. The van der Waals surface area contributed by atoms with Gasteiger partial charge in [-0.25, -0.2) is 8.42 Å². The maximum Gasteiger partial charge on any atom is 0.240 e. The Morgan fingerprint density at radius 1 is 1.20 bits per heavy atom. The van der Waals surface area contributed by atoms with Crippen molar-refractivity contribution in [1.82, 2.24) is 9.21 Å². The number of ether oxygens (including phenoxy) is 1. The predicted octanol–water partition coefficient (Wildman–Crippen LogP) is 1.89. The third-order valence-corrected chi connectivity index (χ3v) is 6.16. The van der Waals surface area contributed by atoms with Crippen molar-refractivity contribution < 1.29 is 17.9 Å². The predicted molar refractivity (Wildman–Crippen MR) is 98.0 cm³/mol. The Morgan fingerprint density at radius 3 is 2.44 bits per heavy atom. The van der Waals surface area contributed by atoms with Crippen molar-refractivity contribution >= 4 is 15.9 Å². The van der Waals surface area contributed by atoms with Crippen molar-refractivity contribution in [2.24, 2.45) is 5.92 Å². The van der Waals surface area contributed by atoms with Crippen LogP contribution in [0, 0.1) is 12.8 Å².